The van der Waals surface area contributed by atoms with E-state index in [1.54, 1.807) is 13.3 Å². The number of anilines is 1. The van der Waals surface area contributed by atoms with Crippen molar-refractivity contribution in [3.05, 3.63) is 34.9 Å². The number of nitrogens with two attached hydrogens (primary N) is 1. The smallest absolute Gasteiger partial charge is 0.172 e. The Labute approximate surface area is 128 Å². The van der Waals surface area contributed by atoms with Crippen molar-refractivity contribution >= 4 is 44.4 Å². The summed E-state index contributed by atoms with van der Waals surface area (Å²) in [7, 11) is 1.64. The molecule has 0 atom stereocenters. The number of methoxy groups -OCH3 is 1. The van der Waals surface area contributed by atoms with E-state index in [0.29, 0.717) is 5.69 Å². The van der Waals surface area contributed by atoms with Crippen molar-refractivity contribution in [2.24, 2.45) is 0 Å². The Kier molecular flexibility index (Phi) is 3.54. The van der Waals surface area contributed by atoms with Crippen LogP contribution in [-0.2, 0) is 0 Å². The van der Waals surface area contributed by atoms with E-state index in [1.165, 1.54) is 11.8 Å². The van der Waals surface area contributed by atoms with Crippen molar-refractivity contribution in [2.45, 2.75) is 10.2 Å². The van der Waals surface area contributed by atoms with Gasteiger partial charge in [0.25, 0.3) is 0 Å². The zero-order chi connectivity index (χ0) is 14.1. The molecular weight excluding hydrogens is 340 g/mol. The van der Waals surface area contributed by atoms with Gasteiger partial charge in [0.15, 0.2) is 5.16 Å². The number of nitrogens with one attached hydrogen (secondary N) is 1. The number of pyridine rings is 1. The molecule has 0 aliphatic carbocycles. The Balaban J connectivity index is 1.94. The van der Waals surface area contributed by atoms with Gasteiger partial charge < -0.3 is 15.5 Å². The monoisotopic (exact) mass is 350 g/mol. The van der Waals surface area contributed by atoms with Crippen LogP contribution in [0.3, 0.4) is 0 Å². The van der Waals surface area contributed by atoms with Crippen LogP contribution >= 0.6 is 27.7 Å². The standard InChI is InChI=1S/C13H11BrN4OS/c1-19-8-2-3-10-11(5-8)18-13(17-10)20-12-9(15)4-7(14)6-16-12/h2-6H,15H2,1H3,(H,17,18). The number of fused-ring (bicyclic) bond motifs is 1. The van der Waals surface area contributed by atoms with Crippen LogP contribution in [0.1, 0.15) is 0 Å². The fraction of sp³-hybridized carbons (Fsp3) is 0.0769. The predicted molar refractivity (Wildman–Crippen MR) is 83.1 cm³/mol. The van der Waals surface area contributed by atoms with Crippen molar-refractivity contribution < 1.29 is 4.74 Å². The van der Waals surface area contributed by atoms with Crippen molar-refractivity contribution in [3.63, 3.8) is 0 Å². The molecule has 0 aliphatic heterocycles. The fourth-order valence-electron chi connectivity index (χ4n) is 1.76. The molecule has 5 nitrogen and oxygen atoms in total. The van der Waals surface area contributed by atoms with Crippen molar-refractivity contribution in [2.75, 3.05) is 12.8 Å². The quantitative estimate of drug-likeness (QED) is 0.756. The summed E-state index contributed by atoms with van der Waals surface area (Å²) >= 11 is 4.73. The molecule has 0 amide bonds. The third-order valence-electron chi connectivity index (χ3n) is 2.71. The number of H-pyrrole nitrogens is 1. The Morgan fingerprint density at radius 1 is 1.35 bits per heavy atom. The molecule has 3 aromatic rings. The summed E-state index contributed by atoms with van der Waals surface area (Å²) < 4.78 is 6.05. The molecule has 0 unspecified atom stereocenters. The van der Waals surface area contributed by atoms with E-state index in [2.05, 4.69) is 30.9 Å². The summed E-state index contributed by atoms with van der Waals surface area (Å²) in [5.74, 6) is 0.791. The van der Waals surface area contributed by atoms with E-state index in [9.17, 15) is 0 Å². The molecule has 0 aliphatic rings. The van der Waals surface area contributed by atoms with Gasteiger partial charge in [-0.05, 0) is 45.9 Å². The van der Waals surface area contributed by atoms with E-state index >= 15 is 0 Å². The van der Waals surface area contributed by atoms with Gasteiger partial charge in [-0.1, -0.05) is 0 Å². The van der Waals surface area contributed by atoms with E-state index in [-0.39, 0.29) is 0 Å². The highest BCUT2D eigenvalue weighted by molar-refractivity contribution is 9.10. The molecule has 0 bridgehead atoms. The second kappa shape index (κ2) is 5.34. The van der Waals surface area contributed by atoms with Crippen LogP contribution in [0, 0.1) is 0 Å². The van der Waals surface area contributed by atoms with Crippen LogP contribution in [0.15, 0.2) is 45.1 Å². The molecule has 2 aromatic heterocycles. The van der Waals surface area contributed by atoms with Gasteiger partial charge >= 0.3 is 0 Å². The van der Waals surface area contributed by atoms with Crippen LogP contribution in [0.5, 0.6) is 5.75 Å². The van der Waals surface area contributed by atoms with Crippen molar-refractivity contribution in [1.29, 1.82) is 0 Å². The Bertz CT molecular complexity index is 774. The number of hydrogen-bond donors (Lipinski definition) is 2. The minimum absolute atomic E-state index is 0.613. The van der Waals surface area contributed by atoms with Crippen LogP contribution in [0.2, 0.25) is 0 Å². The number of nitrogens with zero attached hydrogens (tertiary/aromatic N) is 2. The average molecular weight is 351 g/mol. The predicted octanol–water partition coefficient (Wildman–Crippen LogP) is 3.46. The van der Waals surface area contributed by atoms with Crippen LogP contribution in [-0.4, -0.2) is 22.1 Å². The first-order valence-electron chi connectivity index (χ1n) is 5.78. The molecule has 20 heavy (non-hydrogen) atoms. The molecule has 7 heteroatoms. The number of halogens is 1. The maximum atomic E-state index is 5.93. The molecule has 2 heterocycles. The summed E-state index contributed by atoms with van der Waals surface area (Å²) in [6.45, 7) is 0. The van der Waals surface area contributed by atoms with Gasteiger partial charge in [-0.3, -0.25) is 0 Å². The molecule has 0 saturated heterocycles. The van der Waals surface area contributed by atoms with Gasteiger partial charge in [0.05, 0.1) is 23.8 Å². The Morgan fingerprint density at radius 3 is 2.95 bits per heavy atom. The summed E-state index contributed by atoms with van der Waals surface area (Å²) in [6, 6.07) is 7.52. The van der Waals surface area contributed by atoms with Crippen LogP contribution < -0.4 is 10.5 Å². The fourth-order valence-corrected chi connectivity index (χ4v) is 2.88. The molecular formula is C13H11BrN4OS. The van der Waals surface area contributed by atoms with Gasteiger partial charge in [0, 0.05) is 16.7 Å². The molecule has 3 N–H and O–H groups in total. The zero-order valence-corrected chi connectivity index (χ0v) is 13.0. The Morgan fingerprint density at radius 2 is 2.20 bits per heavy atom. The first-order valence-corrected chi connectivity index (χ1v) is 7.39. The van der Waals surface area contributed by atoms with Crippen LogP contribution in [0.25, 0.3) is 11.0 Å². The van der Waals surface area contributed by atoms with Gasteiger partial charge in [-0.2, -0.15) is 0 Å². The maximum absolute atomic E-state index is 5.93. The number of hydrogen-bond acceptors (Lipinski definition) is 5. The molecule has 1 aromatic carbocycles. The number of benzene rings is 1. The molecule has 0 radical (unpaired) electrons. The van der Waals surface area contributed by atoms with Gasteiger partial charge in [0.1, 0.15) is 10.8 Å². The van der Waals surface area contributed by atoms with Gasteiger partial charge in [0.2, 0.25) is 0 Å². The lowest BCUT2D eigenvalue weighted by atomic mass is 10.3. The second-order valence-electron chi connectivity index (χ2n) is 4.08. The number of aromatic amines is 1. The second-order valence-corrected chi connectivity index (χ2v) is 5.97. The van der Waals surface area contributed by atoms with E-state index in [0.717, 1.165) is 31.4 Å². The minimum atomic E-state index is 0.613. The number of ether oxygens (including phenoxy) is 1. The molecule has 102 valence electrons. The molecule has 0 saturated carbocycles. The van der Waals surface area contributed by atoms with E-state index in [4.69, 9.17) is 10.5 Å². The lowest BCUT2D eigenvalue weighted by Gasteiger charge is -2.01. The molecule has 0 fully saturated rings. The van der Waals surface area contributed by atoms with E-state index in [1.807, 2.05) is 24.3 Å². The number of imidazole rings is 1. The number of rotatable bonds is 3. The third-order valence-corrected chi connectivity index (χ3v) is 4.06. The average Bonchev–Trinajstić information content (AvgIpc) is 2.83. The number of aromatic nitrogens is 3. The SMILES string of the molecule is COc1ccc2nc(Sc3ncc(Br)cc3N)[nH]c2c1. The lowest BCUT2D eigenvalue weighted by molar-refractivity contribution is 0.415. The largest absolute Gasteiger partial charge is 0.497 e. The highest BCUT2D eigenvalue weighted by atomic mass is 79.9. The topological polar surface area (TPSA) is 76.8 Å². The van der Waals surface area contributed by atoms with Crippen molar-refractivity contribution in [1.82, 2.24) is 15.0 Å². The maximum Gasteiger partial charge on any atom is 0.172 e. The molecule has 3 rings (SSSR count). The summed E-state index contributed by atoms with van der Waals surface area (Å²) in [4.78, 5) is 12.0. The zero-order valence-electron chi connectivity index (χ0n) is 10.6. The normalized spacial score (nSPS) is 10.9. The third kappa shape index (κ3) is 2.59. The highest BCUT2D eigenvalue weighted by Gasteiger charge is 2.09. The van der Waals surface area contributed by atoms with E-state index < -0.39 is 0 Å². The van der Waals surface area contributed by atoms with Gasteiger partial charge in [-0.25, -0.2) is 9.97 Å². The van der Waals surface area contributed by atoms with Crippen molar-refractivity contribution in [3.8, 4) is 5.75 Å². The number of nitrogen functional groups attached to an aromatic ring is 1. The molecule has 0 spiro atoms. The summed E-state index contributed by atoms with van der Waals surface area (Å²) in [5, 5.41) is 1.47. The van der Waals surface area contributed by atoms with Gasteiger partial charge in [-0.15, -0.1) is 0 Å². The first-order chi connectivity index (χ1) is 9.65. The first kappa shape index (κ1) is 13.3. The summed E-state index contributed by atoms with van der Waals surface area (Å²) in [5.41, 5.74) is 8.35. The summed E-state index contributed by atoms with van der Waals surface area (Å²) in [6.07, 6.45) is 1.71. The van der Waals surface area contributed by atoms with Crippen LogP contribution in [0.4, 0.5) is 5.69 Å². The lowest BCUT2D eigenvalue weighted by Crippen LogP contribution is -1.91. The highest BCUT2D eigenvalue weighted by Crippen LogP contribution is 2.31. The Hall–Kier alpha value is -1.73. The minimum Gasteiger partial charge on any atom is -0.497 e.